The van der Waals surface area contributed by atoms with Gasteiger partial charge in [0.1, 0.15) is 4.90 Å². The van der Waals surface area contributed by atoms with Gasteiger partial charge in [-0.2, -0.15) is 0 Å². The predicted molar refractivity (Wildman–Crippen MR) is 82.4 cm³/mol. The van der Waals surface area contributed by atoms with Crippen molar-refractivity contribution < 1.29 is 8.42 Å². The number of aromatic nitrogens is 2. The van der Waals surface area contributed by atoms with Crippen LogP contribution in [-0.2, 0) is 16.6 Å². The first-order valence-electron chi connectivity index (χ1n) is 6.43. The van der Waals surface area contributed by atoms with E-state index in [0.717, 1.165) is 4.31 Å². The zero-order chi connectivity index (χ0) is 15.5. The number of benzene rings is 1. The zero-order valence-electron chi connectivity index (χ0n) is 12.0. The van der Waals surface area contributed by atoms with E-state index >= 15 is 0 Å². The Kier molecular flexibility index (Phi) is 4.49. The van der Waals surface area contributed by atoms with Crippen molar-refractivity contribution in [3.8, 4) is 0 Å². The number of nitrogen functional groups attached to an aromatic ring is 1. The first-order chi connectivity index (χ1) is 9.93. The summed E-state index contributed by atoms with van der Waals surface area (Å²) in [6.07, 6.45) is 5.29. The van der Waals surface area contributed by atoms with Crippen LogP contribution in [0.4, 0.5) is 11.4 Å². The molecule has 0 radical (unpaired) electrons. The fourth-order valence-corrected chi connectivity index (χ4v) is 2.89. The van der Waals surface area contributed by atoms with Crippen molar-refractivity contribution in [2.45, 2.75) is 11.4 Å². The lowest BCUT2D eigenvalue weighted by atomic mass is 10.2. The Labute approximate surface area is 124 Å². The highest BCUT2D eigenvalue weighted by Crippen LogP contribution is 2.27. The monoisotopic (exact) mass is 309 g/mol. The molecule has 1 aromatic heterocycles. The fraction of sp³-hybridized carbons (Fsp3) is 0.308. The van der Waals surface area contributed by atoms with Crippen LogP contribution >= 0.6 is 0 Å². The Morgan fingerprint density at radius 2 is 2.14 bits per heavy atom. The summed E-state index contributed by atoms with van der Waals surface area (Å²) < 4.78 is 27.4. The predicted octanol–water partition coefficient (Wildman–Crippen LogP) is 0.828. The molecule has 1 heterocycles. The second-order valence-corrected chi connectivity index (χ2v) is 6.85. The van der Waals surface area contributed by atoms with Crippen molar-refractivity contribution in [1.29, 1.82) is 0 Å². The number of rotatable bonds is 6. The van der Waals surface area contributed by atoms with Gasteiger partial charge in [-0.25, -0.2) is 17.7 Å². The van der Waals surface area contributed by atoms with Crippen LogP contribution in [0.2, 0.25) is 0 Å². The first-order valence-corrected chi connectivity index (χ1v) is 7.87. The summed E-state index contributed by atoms with van der Waals surface area (Å²) in [5.74, 6) is 0. The van der Waals surface area contributed by atoms with Gasteiger partial charge < -0.3 is 15.6 Å². The largest absolute Gasteiger partial charge is 0.396 e. The molecule has 0 aliphatic heterocycles. The molecule has 0 unspecified atom stereocenters. The van der Waals surface area contributed by atoms with E-state index in [1.807, 2.05) is 10.8 Å². The van der Waals surface area contributed by atoms with E-state index in [4.69, 9.17) is 5.73 Å². The third-order valence-corrected chi connectivity index (χ3v) is 4.94. The first kappa shape index (κ1) is 15.3. The Bertz CT molecular complexity index is 695. The highest BCUT2D eigenvalue weighted by atomic mass is 32.2. The van der Waals surface area contributed by atoms with Crippen molar-refractivity contribution in [3.63, 3.8) is 0 Å². The van der Waals surface area contributed by atoms with Crippen LogP contribution in [0.25, 0.3) is 0 Å². The van der Waals surface area contributed by atoms with E-state index in [1.54, 1.807) is 24.7 Å². The average molecular weight is 309 g/mol. The molecule has 114 valence electrons. The molecule has 8 heteroatoms. The number of anilines is 2. The molecule has 0 spiro atoms. The Hall–Kier alpha value is -2.06. The second kappa shape index (κ2) is 6.15. The molecule has 0 bridgehead atoms. The van der Waals surface area contributed by atoms with Crippen molar-refractivity contribution in [1.82, 2.24) is 13.9 Å². The summed E-state index contributed by atoms with van der Waals surface area (Å²) in [6.45, 7) is 1.33. The van der Waals surface area contributed by atoms with Crippen molar-refractivity contribution >= 4 is 21.4 Å². The van der Waals surface area contributed by atoms with Crippen LogP contribution in [0.1, 0.15) is 0 Å². The molecule has 0 aliphatic rings. The maximum atomic E-state index is 12.2. The molecule has 3 N–H and O–H groups in total. The quantitative estimate of drug-likeness (QED) is 0.771. The maximum Gasteiger partial charge on any atom is 0.244 e. The van der Waals surface area contributed by atoms with E-state index in [9.17, 15) is 8.42 Å². The van der Waals surface area contributed by atoms with Crippen LogP contribution in [-0.4, -0.2) is 42.9 Å². The highest BCUT2D eigenvalue weighted by molar-refractivity contribution is 7.89. The third-order valence-electron chi connectivity index (χ3n) is 3.07. The molecular weight excluding hydrogens is 290 g/mol. The average Bonchev–Trinajstić information content (AvgIpc) is 2.93. The molecule has 0 fully saturated rings. The van der Waals surface area contributed by atoms with Gasteiger partial charge in [-0.3, -0.25) is 0 Å². The number of hydrogen-bond donors (Lipinski definition) is 2. The van der Waals surface area contributed by atoms with Gasteiger partial charge in [-0.15, -0.1) is 0 Å². The molecule has 2 aromatic rings. The molecular formula is C13H19N5O2S. The number of sulfonamides is 1. The molecule has 0 amide bonds. The van der Waals surface area contributed by atoms with Gasteiger partial charge >= 0.3 is 0 Å². The molecule has 21 heavy (non-hydrogen) atoms. The van der Waals surface area contributed by atoms with Gasteiger partial charge in [-0.1, -0.05) is 6.07 Å². The summed E-state index contributed by atoms with van der Waals surface area (Å²) in [4.78, 5) is 4.07. The molecule has 2 rings (SSSR count). The van der Waals surface area contributed by atoms with Gasteiger partial charge in [0.25, 0.3) is 0 Å². The second-order valence-electron chi connectivity index (χ2n) is 4.73. The van der Waals surface area contributed by atoms with Crippen LogP contribution in [0.3, 0.4) is 0 Å². The van der Waals surface area contributed by atoms with Gasteiger partial charge in [0.15, 0.2) is 0 Å². The lowest BCUT2D eigenvalue weighted by Crippen LogP contribution is -2.23. The molecule has 1 aromatic carbocycles. The van der Waals surface area contributed by atoms with Gasteiger partial charge in [0.05, 0.1) is 17.7 Å². The van der Waals surface area contributed by atoms with E-state index in [-0.39, 0.29) is 10.6 Å². The van der Waals surface area contributed by atoms with E-state index in [0.29, 0.717) is 18.8 Å². The van der Waals surface area contributed by atoms with Crippen molar-refractivity contribution in [2.24, 2.45) is 0 Å². The minimum absolute atomic E-state index is 0.111. The molecule has 0 saturated carbocycles. The topological polar surface area (TPSA) is 93.2 Å². The van der Waals surface area contributed by atoms with E-state index < -0.39 is 10.0 Å². The Morgan fingerprint density at radius 3 is 2.76 bits per heavy atom. The standard InChI is InChI=1S/C13H19N5O2S/c1-17(2)21(19,20)12-5-3-4-11(13(12)14)16-7-9-18-8-6-15-10-18/h3-6,8,10,16H,7,9,14H2,1-2H3. The minimum atomic E-state index is -3.55. The normalized spacial score (nSPS) is 11.8. The van der Waals surface area contributed by atoms with E-state index in [1.165, 1.54) is 20.2 Å². The van der Waals surface area contributed by atoms with Gasteiger partial charge in [0, 0.05) is 39.6 Å². The number of nitrogens with zero attached hydrogens (tertiary/aromatic N) is 3. The third kappa shape index (κ3) is 3.34. The minimum Gasteiger partial charge on any atom is -0.396 e. The maximum absolute atomic E-state index is 12.2. The van der Waals surface area contributed by atoms with Gasteiger partial charge in [0.2, 0.25) is 10.0 Å². The molecule has 0 saturated heterocycles. The van der Waals surface area contributed by atoms with Gasteiger partial charge in [-0.05, 0) is 12.1 Å². The Morgan fingerprint density at radius 1 is 1.38 bits per heavy atom. The SMILES string of the molecule is CN(C)S(=O)(=O)c1cccc(NCCn2ccnc2)c1N. The lowest BCUT2D eigenvalue weighted by molar-refractivity contribution is 0.521. The van der Waals surface area contributed by atoms with Crippen LogP contribution in [0.15, 0.2) is 41.8 Å². The smallest absolute Gasteiger partial charge is 0.244 e. The number of nitrogens with one attached hydrogen (secondary N) is 1. The van der Waals surface area contributed by atoms with Crippen molar-refractivity contribution in [2.75, 3.05) is 31.7 Å². The van der Waals surface area contributed by atoms with Crippen LogP contribution in [0, 0.1) is 0 Å². The van der Waals surface area contributed by atoms with Crippen LogP contribution < -0.4 is 11.1 Å². The number of hydrogen-bond acceptors (Lipinski definition) is 5. The highest BCUT2D eigenvalue weighted by Gasteiger charge is 2.21. The summed E-state index contributed by atoms with van der Waals surface area (Å²) in [5, 5.41) is 3.15. The Balaban J connectivity index is 2.14. The fourth-order valence-electron chi connectivity index (χ4n) is 1.86. The summed E-state index contributed by atoms with van der Waals surface area (Å²) in [7, 11) is -0.585. The summed E-state index contributed by atoms with van der Waals surface area (Å²) >= 11 is 0. The molecule has 0 atom stereocenters. The number of para-hydroxylation sites is 1. The lowest BCUT2D eigenvalue weighted by Gasteiger charge is -2.16. The van der Waals surface area contributed by atoms with E-state index in [2.05, 4.69) is 10.3 Å². The summed E-state index contributed by atoms with van der Waals surface area (Å²) in [5.41, 5.74) is 6.82. The van der Waals surface area contributed by atoms with Crippen molar-refractivity contribution in [3.05, 3.63) is 36.9 Å². The number of imidazole rings is 1. The van der Waals surface area contributed by atoms with Crippen LogP contribution in [0.5, 0.6) is 0 Å². The summed E-state index contributed by atoms with van der Waals surface area (Å²) in [6, 6.07) is 4.94. The molecule has 7 nitrogen and oxygen atoms in total. The molecule has 0 aliphatic carbocycles. The zero-order valence-corrected chi connectivity index (χ0v) is 12.8. The number of nitrogens with two attached hydrogens (primary N) is 1.